The van der Waals surface area contributed by atoms with Crippen LogP contribution in [0.4, 0.5) is 0 Å². The van der Waals surface area contributed by atoms with Gasteiger partial charge in [-0.05, 0) is 42.3 Å². The van der Waals surface area contributed by atoms with Gasteiger partial charge in [-0.25, -0.2) is 4.68 Å². The highest BCUT2D eigenvalue weighted by molar-refractivity contribution is 7.99. The molecule has 0 aliphatic rings. The molecule has 1 amide bonds. The fraction of sp³-hybridized carbons (Fsp3) is 0.263. The molecule has 0 spiro atoms. The number of methoxy groups -OCH3 is 2. The molecule has 1 N–H and O–H groups in total. The molecule has 2 heterocycles. The number of hydrogen-bond acceptors (Lipinski definition) is 7. The third-order valence-electron chi connectivity index (χ3n) is 3.90. The number of carbonyl (C=O) groups excluding carboxylic acids is 1. The number of aromatic nitrogens is 4. The van der Waals surface area contributed by atoms with E-state index in [0.717, 1.165) is 5.56 Å². The summed E-state index contributed by atoms with van der Waals surface area (Å²) >= 11 is 1.34. The van der Waals surface area contributed by atoms with Gasteiger partial charge in [-0.15, -0.1) is 10.2 Å². The molecule has 0 aliphatic carbocycles. The van der Waals surface area contributed by atoms with Crippen LogP contribution in [0.1, 0.15) is 5.56 Å². The highest BCUT2D eigenvalue weighted by Gasteiger charge is 2.07. The standard InChI is InChI=1S/C19H21N5O3S/c1-26-15-5-4-14(12-16(15)27-2)8-10-20-18(25)13-28-19-7-6-17(22-23-19)24-11-3-9-21-24/h3-7,9,11-12H,8,10,13H2,1-2H3,(H,20,25). The van der Waals surface area contributed by atoms with E-state index in [4.69, 9.17) is 9.47 Å². The maximum atomic E-state index is 12.0. The van der Waals surface area contributed by atoms with Gasteiger partial charge in [-0.2, -0.15) is 5.10 Å². The predicted molar refractivity (Wildman–Crippen MR) is 106 cm³/mol. The third-order valence-corrected chi connectivity index (χ3v) is 4.82. The number of nitrogens with zero attached hydrogens (tertiary/aromatic N) is 4. The molecule has 0 atom stereocenters. The minimum Gasteiger partial charge on any atom is -0.493 e. The van der Waals surface area contributed by atoms with Gasteiger partial charge >= 0.3 is 0 Å². The average molecular weight is 399 g/mol. The molecule has 0 saturated heterocycles. The van der Waals surface area contributed by atoms with Gasteiger partial charge in [0.05, 0.1) is 20.0 Å². The van der Waals surface area contributed by atoms with Crippen molar-refractivity contribution < 1.29 is 14.3 Å². The summed E-state index contributed by atoms with van der Waals surface area (Å²) < 4.78 is 12.1. The molecule has 28 heavy (non-hydrogen) atoms. The number of carbonyl (C=O) groups is 1. The molecule has 8 nitrogen and oxygen atoms in total. The van der Waals surface area contributed by atoms with Crippen molar-refractivity contribution in [2.24, 2.45) is 0 Å². The first-order chi connectivity index (χ1) is 13.7. The van der Waals surface area contributed by atoms with Crippen molar-refractivity contribution in [2.45, 2.75) is 11.4 Å². The largest absolute Gasteiger partial charge is 0.493 e. The molecule has 2 aromatic heterocycles. The summed E-state index contributed by atoms with van der Waals surface area (Å²) in [6.07, 6.45) is 4.18. The molecule has 0 fully saturated rings. The highest BCUT2D eigenvalue weighted by Crippen LogP contribution is 2.27. The monoisotopic (exact) mass is 399 g/mol. The minimum atomic E-state index is -0.0524. The minimum absolute atomic E-state index is 0.0524. The van der Waals surface area contributed by atoms with E-state index in [1.807, 2.05) is 36.4 Å². The van der Waals surface area contributed by atoms with Crippen LogP contribution in [-0.4, -0.2) is 52.4 Å². The maximum absolute atomic E-state index is 12.0. The van der Waals surface area contributed by atoms with Crippen LogP contribution in [0, 0.1) is 0 Å². The van der Waals surface area contributed by atoms with Crippen LogP contribution < -0.4 is 14.8 Å². The molecule has 146 valence electrons. The van der Waals surface area contributed by atoms with Crippen molar-refractivity contribution in [3.8, 4) is 17.3 Å². The zero-order chi connectivity index (χ0) is 19.8. The van der Waals surface area contributed by atoms with E-state index >= 15 is 0 Å². The van der Waals surface area contributed by atoms with Gasteiger partial charge in [0.1, 0.15) is 5.03 Å². The van der Waals surface area contributed by atoms with Crippen molar-refractivity contribution in [2.75, 3.05) is 26.5 Å². The number of nitrogens with one attached hydrogen (secondary N) is 1. The van der Waals surface area contributed by atoms with E-state index in [1.54, 1.807) is 31.3 Å². The van der Waals surface area contributed by atoms with Crippen LogP contribution in [0.25, 0.3) is 5.82 Å². The first kappa shape index (κ1) is 19.7. The first-order valence-corrected chi connectivity index (χ1v) is 9.62. The molecule has 9 heteroatoms. The predicted octanol–water partition coefficient (Wildman–Crippen LogP) is 2.13. The molecule has 0 aliphatic heterocycles. The molecular formula is C19H21N5O3S. The molecule has 1 aromatic carbocycles. The second-order valence-electron chi connectivity index (χ2n) is 5.76. The van der Waals surface area contributed by atoms with Crippen molar-refractivity contribution in [3.05, 3.63) is 54.4 Å². The van der Waals surface area contributed by atoms with E-state index in [0.29, 0.717) is 35.3 Å². The summed E-state index contributed by atoms with van der Waals surface area (Å²) in [5.41, 5.74) is 1.06. The third kappa shape index (κ3) is 5.23. The normalized spacial score (nSPS) is 10.5. The topological polar surface area (TPSA) is 91.2 Å². The van der Waals surface area contributed by atoms with E-state index < -0.39 is 0 Å². The molecule has 0 bridgehead atoms. The summed E-state index contributed by atoms with van der Waals surface area (Å²) in [5.74, 6) is 2.23. The number of hydrogen-bond donors (Lipinski definition) is 1. The number of thioether (sulfide) groups is 1. The number of benzene rings is 1. The molecular weight excluding hydrogens is 378 g/mol. The first-order valence-electron chi connectivity index (χ1n) is 8.63. The number of amides is 1. The second-order valence-corrected chi connectivity index (χ2v) is 6.75. The van der Waals surface area contributed by atoms with E-state index in [2.05, 4.69) is 20.6 Å². The summed E-state index contributed by atoms with van der Waals surface area (Å²) in [6, 6.07) is 11.2. The highest BCUT2D eigenvalue weighted by atomic mass is 32.2. The average Bonchev–Trinajstić information content (AvgIpc) is 3.27. The van der Waals surface area contributed by atoms with Crippen molar-refractivity contribution >= 4 is 17.7 Å². The lowest BCUT2D eigenvalue weighted by Crippen LogP contribution is -2.27. The maximum Gasteiger partial charge on any atom is 0.230 e. The van der Waals surface area contributed by atoms with Crippen molar-refractivity contribution in [1.29, 1.82) is 0 Å². The Labute approximate surface area is 167 Å². The number of ether oxygens (including phenoxy) is 2. The Morgan fingerprint density at radius 2 is 2.00 bits per heavy atom. The zero-order valence-electron chi connectivity index (χ0n) is 15.7. The fourth-order valence-electron chi connectivity index (χ4n) is 2.49. The fourth-order valence-corrected chi connectivity index (χ4v) is 3.13. The summed E-state index contributed by atoms with van der Waals surface area (Å²) in [5, 5.41) is 15.9. The van der Waals surface area contributed by atoms with Crippen LogP contribution >= 0.6 is 11.8 Å². The van der Waals surface area contributed by atoms with E-state index in [-0.39, 0.29) is 11.7 Å². The quantitative estimate of drug-likeness (QED) is 0.551. The van der Waals surface area contributed by atoms with Gasteiger partial charge in [0.2, 0.25) is 5.91 Å². The van der Waals surface area contributed by atoms with E-state index in [9.17, 15) is 4.79 Å². The van der Waals surface area contributed by atoms with Crippen LogP contribution in [0.5, 0.6) is 11.5 Å². The molecule has 3 aromatic rings. The van der Waals surface area contributed by atoms with Crippen molar-refractivity contribution in [1.82, 2.24) is 25.3 Å². The molecule has 0 unspecified atom stereocenters. The summed E-state index contributed by atoms with van der Waals surface area (Å²) in [6.45, 7) is 0.540. The smallest absolute Gasteiger partial charge is 0.230 e. The summed E-state index contributed by atoms with van der Waals surface area (Å²) in [7, 11) is 3.20. The van der Waals surface area contributed by atoms with Gasteiger partial charge < -0.3 is 14.8 Å². The molecule has 0 radical (unpaired) electrons. The van der Waals surface area contributed by atoms with Gasteiger partial charge in [0.15, 0.2) is 17.3 Å². The Morgan fingerprint density at radius 3 is 2.68 bits per heavy atom. The van der Waals surface area contributed by atoms with Crippen LogP contribution in [0.15, 0.2) is 53.8 Å². The lowest BCUT2D eigenvalue weighted by molar-refractivity contribution is -0.118. The van der Waals surface area contributed by atoms with Gasteiger partial charge in [0, 0.05) is 18.9 Å². The lowest BCUT2D eigenvalue weighted by Gasteiger charge is -2.10. The Bertz CT molecular complexity index is 900. The lowest BCUT2D eigenvalue weighted by atomic mass is 10.1. The van der Waals surface area contributed by atoms with E-state index in [1.165, 1.54) is 11.8 Å². The summed E-state index contributed by atoms with van der Waals surface area (Å²) in [4.78, 5) is 12.0. The van der Waals surface area contributed by atoms with Crippen molar-refractivity contribution in [3.63, 3.8) is 0 Å². The van der Waals surface area contributed by atoms with Gasteiger partial charge in [-0.1, -0.05) is 17.8 Å². The van der Waals surface area contributed by atoms with Crippen LogP contribution in [0.3, 0.4) is 0 Å². The Balaban J connectivity index is 1.42. The molecule has 3 rings (SSSR count). The SMILES string of the molecule is COc1ccc(CCNC(=O)CSc2ccc(-n3cccn3)nn2)cc1OC. The zero-order valence-corrected chi connectivity index (χ0v) is 16.5. The van der Waals surface area contributed by atoms with Crippen LogP contribution in [0.2, 0.25) is 0 Å². The Hall–Kier alpha value is -3.07. The Kier molecular flexibility index (Phi) is 6.85. The molecule has 0 saturated carbocycles. The van der Waals surface area contributed by atoms with Gasteiger partial charge in [0.25, 0.3) is 0 Å². The van der Waals surface area contributed by atoms with Crippen LogP contribution in [-0.2, 0) is 11.2 Å². The Morgan fingerprint density at radius 1 is 1.14 bits per heavy atom. The number of rotatable bonds is 9. The van der Waals surface area contributed by atoms with Gasteiger partial charge in [-0.3, -0.25) is 4.79 Å². The second kappa shape index (κ2) is 9.75.